The Hall–Kier alpha value is -4.46. The van der Waals surface area contributed by atoms with Gasteiger partial charge >= 0.3 is 6.03 Å². The summed E-state index contributed by atoms with van der Waals surface area (Å²) < 4.78 is 0. The van der Waals surface area contributed by atoms with Gasteiger partial charge in [-0.3, -0.25) is 14.6 Å². The smallest absolute Gasteiger partial charge is 0.323 e. The first-order chi connectivity index (χ1) is 20.1. The van der Waals surface area contributed by atoms with Crippen LogP contribution in [0.4, 0.5) is 16.2 Å². The standard InChI is InChI=1S/C34H37N5O2/c40-33(35-19-20-38-21-23-39(24-22-38)26-29-9-5-2-6-10-29)30-13-17-32(18-14-30)37-34(41)36-31-15-11-28(12-16-31)25-27-7-3-1-4-8-27/h1-18H,19-26H2,(H,35,40)(H2,36,37,41). The van der Waals surface area contributed by atoms with Gasteiger partial charge in [0, 0.05) is 62.8 Å². The number of hydrogen-bond donors (Lipinski definition) is 3. The van der Waals surface area contributed by atoms with E-state index in [1.807, 2.05) is 42.5 Å². The minimum absolute atomic E-state index is 0.112. The number of piperazine rings is 1. The van der Waals surface area contributed by atoms with Gasteiger partial charge in [0.1, 0.15) is 0 Å². The lowest BCUT2D eigenvalue weighted by Gasteiger charge is -2.34. The van der Waals surface area contributed by atoms with Gasteiger partial charge in [-0.25, -0.2) is 4.79 Å². The normalized spacial score (nSPS) is 13.9. The second-order valence-electron chi connectivity index (χ2n) is 10.4. The lowest BCUT2D eigenvalue weighted by atomic mass is 10.0. The molecule has 0 bridgehead atoms. The SMILES string of the molecule is O=C(Nc1ccc(Cc2ccccc2)cc1)Nc1ccc(C(=O)NCCN2CCN(Cc3ccccc3)CC2)cc1. The fourth-order valence-corrected chi connectivity index (χ4v) is 4.98. The Labute approximate surface area is 242 Å². The molecule has 5 rings (SSSR count). The molecule has 0 radical (unpaired) electrons. The van der Waals surface area contributed by atoms with Crippen LogP contribution in [-0.2, 0) is 13.0 Å². The maximum atomic E-state index is 12.6. The number of amides is 3. The van der Waals surface area contributed by atoms with Gasteiger partial charge in [-0.15, -0.1) is 0 Å². The predicted octanol–water partition coefficient (Wildman–Crippen LogP) is 5.47. The second-order valence-corrected chi connectivity index (χ2v) is 10.4. The average Bonchev–Trinajstić information content (AvgIpc) is 3.00. The molecule has 1 aliphatic rings. The maximum Gasteiger partial charge on any atom is 0.323 e. The molecule has 1 saturated heterocycles. The first kappa shape index (κ1) is 28.1. The Balaban J connectivity index is 0.996. The monoisotopic (exact) mass is 547 g/mol. The van der Waals surface area contributed by atoms with E-state index in [1.165, 1.54) is 16.7 Å². The highest BCUT2D eigenvalue weighted by Gasteiger charge is 2.17. The van der Waals surface area contributed by atoms with Gasteiger partial charge in [-0.1, -0.05) is 72.8 Å². The van der Waals surface area contributed by atoms with Crippen LogP contribution in [-0.4, -0.2) is 61.0 Å². The number of hydrogen-bond acceptors (Lipinski definition) is 4. The van der Waals surface area contributed by atoms with E-state index in [1.54, 1.807) is 24.3 Å². The lowest BCUT2D eigenvalue weighted by molar-refractivity contribution is 0.0934. The van der Waals surface area contributed by atoms with Crippen LogP contribution < -0.4 is 16.0 Å². The van der Waals surface area contributed by atoms with Gasteiger partial charge in [-0.05, 0) is 59.5 Å². The summed E-state index contributed by atoms with van der Waals surface area (Å²) in [5.74, 6) is -0.112. The lowest BCUT2D eigenvalue weighted by Crippen LogP contribution is -2.48. The Kier molecular flexibility index (Phi) is 9.76. The molecule has 4 aromatic rings. The highest BCUT2D eigenvalue weighted by atomic mass is 16.2. The topological polar surface area (TPSA) is 76.7 Å². The van der Waals surface area contributed by atoms with Crippen LogP contribution >= 0.6 is 0 Å². The fraction of sp³-hybridized carbons (Fsp3) is 0.235. The molecule has 1 aliphatic heterocycles. The zero-order valence-corrected chi connectivity index (χ0v) is 23.3. The molecule has 41 heavy (non-hydrogen) atoms. The van der Waals surface area contributed by atoms with Crippen LogP contribution in [0, 0.1) is 0 Å². The molecular weight excluding hydrogens is 510 g/mol. The van der Waals surface area contributed by atoms with Crippen molar-refractivity contribution in [3.05, 3.63) is 131 Å². The van der Waals surface area contributed by atoms with E-state index < -0.39 is 0 Å². The Morgan fingerprint density at radius 3 is 1.71 bits per heavy atom. The zero-order valence-electron chi connectivity index (χ0n) is 23.3. The van der Waals surface area contributed by atoms with E-state index in [9.17, 15) is 9.59 Å². The largest absolute Gasteiger partial charge is 0.351 e. The van der Waals surface area contributed by atoms with Crippen molar-refractivity contribution < 1.29 is 9.59 Å². The summed E-state index contributed by atoms with van der Waals surface area (Å²) in [7, 11) is 0. The first-order valence-electron chi connectivity index (χ1n) is 14.2. The predicted molar refractivity (Wildman–Crippen MR) is 165 cm³/mol. The Morgan fingerprint density at radius 1 is 0.585 bits per heavy atom. The first-order valence-corrected chi connectivity index (χ1v) is 14.2. The van der Waals surface area contributed by atoms with Crippen molar-refractivity contribution in [1.82, 2.24) is 15.1 Å². The molecule has 0 aliphatic carbocycles. The van der Waals surface area contributed by atoms with Crippen molar-refractivity contribution >= 4 is 23.3 Å². The third-order valence-corrected chi connectivity index (χ3v) is 7.30. The minimum atomic E-state index is -0.332. The molecule has 4 aromatic carbocycles. The average molecular weight is 548 g/mol. The molecule has 1 fully saturated rings. The number of rotatable bonds is 10. The highest BCUT2D eigenvalue weighted by Crippen LogP contribution is 2.15. The van der Waals surface area contributed by atoms with Crippen molar-refractivity contribution in [2.75, 3.05) is 49.9 Å². The number of anilines is 2. The van der Waals surface area contributed by atoms with Gasteiger partial charge in [0.2, 0.25) is 0 Å². The number of benzene rings is 4. The number of carbonyl (C=O) groups is 2. The van der Waals surface area contributed by atoms with Crippen LogP contribution in [0.5, 0.6) is 0 Å². The number of carbonyl (C=O) groups excluding carboxylic acids is 2. The Morgan fingerprint density at radius 2 is 1.10 bits per heavy atom. The number of nitrogens with one attached hydrogen (secondary N) is 3. The van der Waals surface area contributed by atoms with Gasteiger partial charge in [0.05, 0.1) is 0 Å². The van der Waals surface area contributed by atoms with Crippen molar-refractivity contribution in [2.24, 2.45) is 0 Å². The number of urea groups is 1. The summed E-state index contributed by atoms with van der Waals surface area (Å²) in [6.45, 7) is 6.49. The van der Waals surface area contributed by atoms with E-state index in [0.29, 0.717) is 23.5 Å². The van der Waals surface area contributed by atoms with Crippen LogP contribution in [0.1, 0.15) is 27.0 Å². The molecule has 3 N–H and O–H groups in total. The molecule has 7 nitrogen and oxygen atoms in total. The van der Waals surface area contributed by atoms with Crippen LogP contribution in [0.15, 0.2) is 109 Å². The van der Waals surface area contributed by atoms with Crippen molar-refractivity contribution in [1.29, 1.82) is 0 Å². The molecule has 0 spiro atoms. The summed E-state index contributed by atoms with van der Waals surface area (Å²) in [4.78, 5) is 30.0. The van der Waals surface area contributed by atoms with Crippen LogP contribution in [0.3, 0.4) is 0 Å². The van der Waals surface area contributed by atoms with E-state index in [-0.39, 0.29) is 11.9 Å². The summed E-state index contributed by atoms with van der Waals surface area (Å²) in [5.41, 5.74) is 5.67. The summed E-state index contributed by atoms with van der Waals surface area (Å²) in [6.07, 6.45) is 0.847. The third-order valence-electron chi connectivity index (χ3n) is 7.30. The van der Waals surface area contributed by atoms with E-state index in [2.05, 4.69) is 68.2 Å². The molecule has 7 heteroatoms. The van der Waals surface area contributed by atoms with Crippen molar-refractivity contribution in [3.8, 4) is 0 Å². The van der Waals surface area contributed by atoms with Gasteiger partial charge < -0.3 is 16.0 Å². The molecule has 1 heterocycles. The van der Waals surface area contributed by atoms with Gasteiger partial charge in [-0.2, -0.15) is 0 Å². The summed E-state index contributed by atoms with van der Waals surface area (Å²) in [6, 6.07) is 35.3. The van der Waals surface area contributed by atoms with Crippen molar-refractivity contribution in [3.63, 3.8) is 0 Å². The highest BCUT2D eigenvalue weighted by molar-refractivity contribution is 6.00. The summed E-state index contributed by atoms with van der Waals surface area (Å²) >= 11 is 0. The van der Waals surface area contributed by atoms with Crippen LogP contribution in [0.2, 0.25) is 0 Å². The maximum absolute atomic E-state index is 12.6. The molecule has 3 amide bonds. The van der Waals surface area contributed by atoms with E-state index in [0.717, 1.165) is 45.7 Å². The molecule has 0 saturated carbocycles. The Bertz CT molecular complexity index is 1390. The van der Waals surface area contributed by atoms with E-state index in [4.69, 9.17) is 0 Å². The molecule has 0 atom stereocenters. The number of nitrogens with zero attached hydrogens (tertiary/aromatic N) is 2. The zero-order chi connectivity index (χ0) is 28.3. The molecular formula is C34H37N5O2. The van der Waals surface area contributed by atoms with Crippen LogP contribution in [0.25, 0.3) is 0 Å². The fourth-order valence-electron chi connectivity index (χ4n) is 4.98. The van der Waals surface area contributed by atoms with Gasteiger partial charge in [0.25, 0.3) is 5.91 Å². The molecule has 210 valence electrons. The third kappa shape index (κ3) is 8.76. The minimum Gasteiger partial charge on any atom is -0.351 e. The van der Waals surface area contributed by atoms with Crippen molar-refractivity contribution in [2.45, 2.75) is 13.0 Å². The molecule has 0 aromatic heterocycles. The molecule has 0 unspecified atom stereocenters. The summed E-state index contributed by atoms with van der Waals surface area (Å²) in [5, 5.41) is 8.70. The quantitative estimate of drug-likeness (QED) is 0.246. The second kappa shape index (κ2) is 14.3. The van der Waals surface area contributed by atoms with Gasteiger partial charge in [0.15, 0.2) is 0 Å². The van der Waals surface area contributed by atoms with E-state index >= 15 is 0 Å².